The summed E-state index contributed by atoms with van der Waals surface area (Å²) < 4.78 is 30.6. The number of aromatic nitrogens is 1. The number of aliphatic carboxylic acids is 1. The highest BCUT2D eigenvalue weighted by atomic mass is 32.2. The van der Waals surface area contributed by atoms with Gasteiger partial charge in [-0.15, -0.1) is 0 Å². The van der Waals surface area contributed by atoms with Crippen molar-refractivity contribution in [2.45, 2.75) is 23.8 Å². The minimum absolute atomic E-state index is 0.0143. The minimum atomic E-state index is -3.80. The van der Waals surface area contributed by atoms with E-state index in [0.717, 1.165) is 0 Å². The number of aromatic amines is 1. The number of hydrogen-bond donors (Lipinski definition) is 3. The Bertz CT molecular complexity index is 468. The van der Waals surface area contributed by atoms with E-state index in [1.165, 1.54) is 25.6 Å². The molecule has 0 aliphatic carbocycles. The molecule has 0 saturated carbocycles. The maximum atomic E-state index is 11.8. The first-order valence-electron chi connectivity index (χ1n) is 5.34. The number of ether oxygens (including phenoxy) is 1. The molecule has 1 aromatic rings. The van der Waals surface area contributed by atoms with Gasteiger partial charge in [0.1, 0.15) is 6.04 Å². The lowest BCUT2D eigenvalue weighted by Gasteiger charge is -2.13. The Kier molecular flexibility index (Phi) is 5.32. The summed E-state index contributed by atoms with van der Waals surface area (Å²) in [5.74, 6) is -1.20. The topological polar surface area (TPSA) is 108 Å². The second-order valence-electron chi connectivity index (χ2n) is 3.69. The number of hydrogen-bond acceptors (Lipinski definition) is 4. The Balaban J connectivity index is 2.69. The summed E-state index contributed by atoms with van der Waals surface area (Å²) in [7, 11) is -2.30. The molecule has 8 heteroatoms. The van der Waals surface area contributed by atoms with Crippen LogP contribution in [0.5, 0.6) is 0 Å². The number of rotatable bonds is 8. The van der Waals surface area contributed by atoms with Crippen LogP contribution in [0.2, 0.25) is 0 Å². The summed E-state index contributed by atoms with van der Waals surface area (Å²) in [6.45, 7) is 0.385. The van der Waals surface area contributed by atoms with E-state index in [1.807, 2.05) is 0 Å². The quantitative estimate of drug-likeness (QED) is 0.587. The van der Waals surface area contributed by atoms with Gasteiger partial charge >= 0.3 is 5.97 Å². The average Bonchev–Trinajstić information content (AvgIpc) is 2.81. The van der Waals surface area contributed by atoms with Gasteiger partial charge in [0, 0.05) is 26.1 Å². The molecule has 0 fully saturated rings. The summed E-state index contributed by atoms with van der Waals surface area (Å²) in [4.78, 5) is 13.6. The second kappa shape index (κ2) is 6.53. The van der Waals surface area contributed by atoms with Crippen molar-refractivity contribution >= 4 is 16.0 Å². The van der Waals surface area contributed by atoms with Gasteiger partial charge in [-0.2, -0.15) is 4.72 Å². The highest BCUT2D eigenvalue weighted by Gasteiger charge is 2.25. The highest BCUT2D eigenvalue weighted by molar-refractivity contribution is 7.89. The molecule has 1 aromatic heterocycles. The zero-order chi connectivity index (χ0) is 13.6. The number of carboxylic acids is 1. The molecule has 1 unspecified atom stereocenters. The van der Waals surface area contributed by atoms with Gasteiger partial charge in [-0.1, -0.05) is 0 Å². The molecular weight excluding hydrogens is 260 g/mol. The van der Waals surface area contributed by atoms with Crippen molar-refractivity contribution in [3.8, 4) is 0 Å². The molecule has 0 aliphatic heterocycles. The first-order chi connectivity index (χ1) is 8.47. The molecule has 0 spiro atoms. The fourth-order valence-corrected chi connectivity index (χ4v) is 2.60. The highest BCUT2D eigenvalue weighted by Crippen LogP contribution is 2.09. The lowest BCUT2D eigenvalue weighted by molar-refractivity contribution is -0.139. The number of nitrogens with one attached hydrogen (secondary N) is 2. The molecule has 102 valence electrons. The third kappa shape index (κ3) is 4.13. The molecule has 1 heterocycles. The summed E-state index contributed by atoms with van der Waals surface area (Å²) in [5.41, 5.74) is 0. The normalized spacial score (nSPS) is 13.4. The first-order valence-corrected chi connectivity index (χ1v) is 6.82. The van der Waals surface area contributed by atoms with Crippen molar-refractivity contribution in [2.75, 3.05) is 13.7 Å². The Morgan fingerprint density at radius 1 is 1.61 bits per heavy atom. The van der Waals surface area contributed by atoms with E-state index < -0.39 is 22.0 Å². The molecule has 7 nitrogen and oxygen atoms in total. The van der Waals surface area contributed by atoms with Crippen LogP contribution in [-0.4, -0.2) is 44.2 Å². The van der Waals surface area contributed by atoms with Crippen molar-refractivity contribution in [3.05, 3.63) is 18.5 Å². The van der Waals surface area contributed by atoms with Gasteiger partial charge in [-0.3, -0.25) is 4.79 Å². The minimum Gasteiger partial charge on any atom is -0.480 e. The van der Waals surface area contributed by atoms with Crippen molar-refractivity contribution < 1.29 is 23.1 Å². The summed E-state index contributed by atoms with van der Waals surface area (Å²) in [6, 6.07) is 0.205. The zero-order valence-electron chi connectivity index (χ0n) is 9.92. The number of carboxylic acid groups (broad SMARTS) is 1. The third-order valence-corrected chi connectivity index (χ3v) is 3.79. The Labute approximate surface area is 105 Å². The SMILES string of the molecule is COCCCC(NS(=O)(=O)c1cc[nH]c1)C(=O)O. The largest absolute Gasteiger partial charge is 0.480 e. The monoisotopic (exact) mass is 276 g/mol. The van der Waals surface area contributed by atoms with Crippen LogP contribution in [-0.2, 0) is 19.6 Å². The van der Waals surface area contributed by atoms with E-state index in [1.54, 1.807) is 0 Å². The Hall–Kier alpha value is -1.38. The van der Waals surface area contributed by atoms with Crippen LogP contribution in [0.4, 0.5) is 0 Å². The average molecular weight is 276 g/mol. The van der Waals surface area contributed by atoms with Crippen LogP contribution in [0.15, 0.2) is 23.4 Å². The molecule has 0 aromatic carbocycles. The molecule has 0 amide bonds. The molecule has 1 rings (SSSR count). The number of sulfonamides is 1. The molecule has 0 saturated heterocycles. The van der Waals surface area contributed by atoms with E-state index >= 15 is 0 Å². The smallest absolute Gasteiger partial charge is 0.321 e. The van der Waals surface area contributed by atoms with Gasteiger partial charge < -0.3 is 14.8 Å². The predicted octanol–water partition coefficient (Wildman–Crippen LogP) is 0.173. The molecular formula is C10H16N2O5S. The lowest BCUT2D eigenvalue weighted by atomic mass is 10.2. The van der Waals surface area contributed by atoms with E-state index in [4.69, 9.17) is 9.84 Å². The van der Waals surface area contributed by atoms with Gasteiger partial charge in [0.05, 0.1) is 4.90 Å². The van der Waals surface area contributed by atoms with Gasteiger partial charge in [-0.05, 0) is 18.9 Å². The number of methoxy groups -OCH3 is 1. The fraction of sp³-hybridized carbons (Fsp3) is 0.500. The summed E-state index contributed by atoms with van der Waals surface area (Å²) in [5, 5.41) is 8.96. The maximum absolute atomic E-state index is 11.8. The van der Waals surface area contributed by atoms with Crippen LogP contribution in [0.25, 0.3) is 0 Å². The second-order valence-corrected chi connectivity index (χ2v) is 5.41. The van der Waals surface area contributed by atoms with Crippen LogP contribution >= 0.6 is 0 Å². The predicted molar refractivity (Wildman–Crippen MR) is 63.6 cm³/mol. The van der Waals surface area contributed by atoms with Crippen molar-refractivity contribution in [2.24, 2.45) is 0 Å². The van der Waals surface area contributed by atoms with Crippen molar-refractivity contribution in [1.82, 2.24) is 9.71 Å². The summed E-state index contributed by atoms with van der Waals surface area (Å²) in [6.07, 6.45) is 3.38. The van der Waals surface area contributed by atoms with Crippen molar-refractivity contribution in [1.29, 1.82) is 0 Å². The molecule has 0 radical (unpaired) electrons. The van der Waals surface area contributed by atoms with Gasteiger partial charge in [0.15, 0.2) is 0 Å². The van der Waals surface area contributed by atoms with Gasteiger partial charge in [-0.25, -0.2) is 8.42 Å². The van der Waals surface area contributed by atoms with Gasteiger partial charge in [0.25, 0.3) is 0 Å². The van der Waals surface area contributed by atoms with Crippen LogP contribution < -0.4 is 4.72 Å². The van der Waals surface area contributed by atoms with E-state index in [0.29, 0.717) is 13.0 Å². The Morgan fingerprint density at radius 2 is 2.33 bits per heavy atom. The van der Waals surface area contributed by atoms with E-state index in [2.05, 4.69) is 9.71 Å². The maximum Gasteiger partial charge on any atom is 0.321 e. The van der Waals surface area contributed by atoms with E-state index in [-0.39, 0.29) is 11.3 Å². The van der Waals surface area contributed by atoms with Crippen LogP contribution in [0, 0.1) is 0 Å². The third-order valence-electron chi connectivity index (χ3n) is 2.32. The fourth-order valence-electron chi connectivity index (χ4n) is 1.40. The van der Waals surface area contributed by atoms with E-state index in [9.17, 15) is 13.2 Å². The zero-order valence-corrected chi connectivity index (χ0v) is 10.7. The molecule has 0 aliphatic rings. The molecule has 18 heavy (non-hydrogen) atoms. The molecule has 0 bridgehead atoms. The van der Waals surface area contributed by atoms with Gasteiger partial charge in [0.2, 0.25) is 10.0 Å². The molecule has 3 N–H and O–H groups in total. The molecule has 1 atom stereocenters. The lowest BCUT2D eigenvalue weighted by Crippen LogP contribution is -2.40. The standard InChI is InChI=1S/C10H16N2O5S/c1-17-6-2-3-9(10(13)14)12-18(15,16)8-4-5-11-7-8/h4-5,7,9,11-12H,2-3,6H2,1H3,(H,13,14). The summed E-state index contributed by atoms with van der Waals surface area (Å²) >= 11 is 0. The van der Waals surface area contributed by atoms with Crippen molar-refractivity contribution in [3.63, 3.8) is 0 Å². The first kappa shape index (κ1) is 14.7. The number of H-pyrrole nitrogens is 1. The Morgan fingerprint density at radius 3 is 2.83 bits per heavy atom. The van der Waals surface area contributed by atoms with Crippen LogP contribution in [0.3, 0.4) is 0 Å². The number of carbonyl (C=O) groups is 1. The van der Waals surface area contributed by atoms with Crippen LogP contribution in [0.1, 0.15) is 12.8 Å².